The maximum absolute atomic E-state index is 13.0. The van der Waals surface area contributed by atoms with Crippen molar-refractivity contribution in [3.8, 4) is 0 Å². The smallest absolute Gasteiger partial charge is 0.244 e. The van der Waals surface area contributed by atoms with Gasteiger partial charge in [0, 0.05) is 18.8 Å². The van der Waals surface area contributed by atoms with Gasteiger partial charge in [-0.05, 0) is 23.8 Å². The van der Waals surface area contributed by atoms with Gasteiger partial charge in [-0.15, -0.1) is 0 Å². The van der Waals surface area contributed by atoms with Crippen LogP contribution in [0, 0.1) is 5.82 Å². The fourth-order valence-electron chi connectivity index (χ4n) is 1.80. The van der Waals surface area contributed by atoms with E-state index in [2.05, 4.69) is 17.0 Å². The predicted molar refractivity (Wildman–Crippen MR) is 69.8 cm³/mol. The van der Waals surface area contributed by atoms with Crippen molar-refractivity contribution in [3.63, 3.8) is 0 Å². The lowest BCUT2D eigenvalue weighted by molar-refractivity contribution is -0.116. The molecule has 1 aromatic heterocycles. The van der Waals surface area contributed by atoms with Crippen LogP contribution in [0.15, 0.2) is 49.3 Å². The maximum Gasteiger partial charge on any atom is 0.244 e. The van der Waals surface area contributed by atoms with Crippen LogP contribution in [0.5, 0.6) is 0 Å². The summed E-state index contributed by atoms with van der Waals surface area (Å²) in [7, 11) is 1.79. The molecule has 0 fully saturated rings. The second-order valence-corrected chi connectivity index (χ2v) is 4.14. The number of rotatable bonds is 4. The molecule has 5 heteroatoms. The molecule has 98 valence electrons. The van der Waals surface area contributed by atoms with Gasteiger partial charge in [0.25, 0.3) is 0 Å². The van der Waals surface area contributed by atoms with Crippen LogP contribution in [0.2, 0.25) is 0 Å². The zero-order valence-electron chi connectivity index (χ0n) is 10.5. The van der Waals surface area contributed by atoms with Crippen molar-refractivity contribution < 1.29 is 9.18 Å². The van der Waals surface area contributed by atoms with Crippen molar-refractivity contribution in [1.82, 2.24) is 15.1 Å². The molecule has 1 atom stereocenters. The number of nitrogens with zero attached hydrogens (tertiary/aromatic N) is 2. The van der Waals surface area contributed by atoms with Crippen molar-refractivity contribution in [3.05, 3.63) is 66.3 Å². The third kappa shape index (κ3) is 3.07. The zero-order chi connectivity index (χ0) is 13.8. The van der Waals surface area contributed by atoms with Gasteiger partial charge in [0.15, 0.2) is 0 Å². The second kappa shape index (κ2) is 5.48. The first-order chi connectivity index (χ1) is 9.10. The van der Waals surface area contributed by atoms with Gasteiger partial charge in [0.2, 0.25) is 5.91 Å². The van der Waals surface area contributed by atoms with E-state index in [1.807, 2.05) is 0 Å². The third-order valence-electron chi connectivity index (χ3n) is 2.73. The van der Waals surface area contributed by atoms with Crippen LogP contribution >= 0.6 is 0 Å². The molecule has 19 heavy (non-hydrogen) atoms. The van der Waals surface area contributed by atoms with Gasteiger partial charge in [-0.25, -0.2) is 4.39 Å². The van der Waals surface area contributed by atoms with E-state index in [0.717, 1.165) is 11.1 Å². The molecule has 0 spiro atoms. The normalized spacial score (nSPS) is 11.9. The average molecular weight is 259 g/mol. The number of hydrogen-bond donors (Lipinski definition) is 1. The molecule has 0 aliphatic rings. The predicted octanol–water partition coefficient (Wildman–Crippen LogP) is 1.95. The Labute approximate surface area is 110 Å². The topological polar surface area (TPSA) is 46.9 Å². The average Bonchev–Trinajstić information content (AvgIpc) is 2.83. The van der Waals surface area contributed by atoms with Crippen LogP contribution in [0.4, 0.5) is 4.39 Å². The highest BCUT2D eigenvalue weighted by atomic mass is 19.1. The van der Waals surface area contributed by atoms with E-state index in [4.69, 9.17) is 0 Å². The molecule has 0 aliphatic carbocycles. The van der Waals surface area contributed by atoms with Gasteiger partial charge in [-0.1, -0.05) is 18.7 Å². The van der Waals surface area contributed by atoms with E-state index in [1.54, 1.807) is 36.3 Å². The molecule has 0 saturated carbocycles. The quantitative estimate of drug-likeness (QED) is 0.853. The zero-order valence-corrected chi connectivity index (χ0v) is 10.5. The van der Waals surface area contributed by atoms with Crippen molar-refractivity contribution in [2.24, 2.45) is 7.05 Å². The fraction of sp³-hybridized carbons (Fsp3) is 0.143. The lowest BCUT2D eigenvalue weighted by Crippen LogP contribution is -2.27. The van der Waals surface area contributed by atoms with Crippen molar-refractivity contribution in [1.29, 1.82) is 0 Å². The number of aromatic nitrogens is 2. The first-order valence-corrected chi connectivity index (χ1v) is 5.77. The number of hydrogen-bond acceptors (Lipinski definition) is 2. The molecule has 2 rings (SSSR count). The molecule has 1 N–H and O–H groups in total. The summed E-state index contributed by atoms with van der Waals surface area (Å²) in [5.74, 6) is -0.609. The van der Waals surface area contributed by atoms with Crippen LogP contribution in [0.1, 0.15) is 17.2 Å². The molecular weight excluding hydrogens is 245 g/mol. The first kappa shape index (κ1) is 13.0. The number of nitrogens with one attached hydrogen (secondary N) is 1. The Morgan fingerprint density at radius 1 is 1.42 bits per heavy atom. The van der Waals surface area contributed by atoms with Gasteiger partial charge in [-0.2, -0.15) is 5.10 Å². The minimum atomic E-state index is -0.375. The monoisotopic (exact) mass is 259 g/mol. The van der Waals surface area contributed by atoms with E-state index in [-0.39, 0.29) is 17.8 Å². The Kier molecular flexibility index (Phi) is 3.75. The summed E-state index contributed by atoms with van der Waals surface area (Å²) in [6, 6.07) is 5.62. The molecule has 1 aromatic carbocycles. The summed E-state index contributed by atoms with van der Waals surface area (Å²) >= 11 is 0. The summed E-state index contributed by atoms with van der Waals surface area (Å²) in [6.07, 6.45) is 4.67. The molecule has 0 unspecified atom stereocenters. The number of aryl methyl sites for hydroxylation is 1. The largest absolute Gasteiger partial charge is 0.342 e. The summed E-state index contributed by atoms with van der Waals surface area (Å²) in [5, 5.41) is 6.88. The molecule has 0 saturated heterocycles. The Bertz CT molecular complexity index is 589. The Morgan fingerprint density at radius 2 is 2.11 bits per heavy atom. The van der Waals surface area contributed by atoms with E-state index in [9.17, 15) is 9.18 Å². The van der Waals surface area contributed by atoms with E-state index >= 15 is 0 Å². The van der Waals surface area contributed by atoms with Gasteiger partial charge >= 0.3 is 0 Å². The van der Waals surface area contributed by atoms with Gasteiger partial charge in [-0.3, -0.25) is 9.48 Å². The standard InChI is InChI=1S/C14H14FN3O/c1-3-13(19)17-14(11-8-16-18(2)9-11)10-4-6-12(15)7-5-10/h3-9,14H,1H2,2H3,(H,17,19)/t14-/m0/s1. The summed E-state index contributed by atoms with van der Waals surface area (Å²) < 4.78 is 14.6. The lowest BCUT2D eigenvalue weighted by Gasteiger charge is -2.17. The Morgan fingerprint density at radius 3 is 2.63 bits per heavy atom. The molecular formula is C14H14FN3O. The van der Waals surface area contributed by atoms with Crippen LogP contribution < -0.4 is 5.32 Å². The number of benzene rings is 1. The Hall–Kier alpha value is -2.43. The molecule has 1 amide bonds. The van der Waals surface area contributed by atoms with Crippen LogP contribution in [-0.4, -0.2) is 15.7 Å². The summed E-state index contributed by atoms with van der Waals surface area (Å²) in [5.41, 5.74) is 1.61. The van der Waals surface area contributed by atoms with Crippen LogP contribution in [0.3, 0.4) is 0 Å². The lowest BCUT2D eigenvalue weighted by atomic mass is 10.0. The first-order valence-electron chi connectivity index (χ1n) is 5.77. The summed E-state index contributed by atoms with van der Waals surface area (Å²) in [6.45, 7) is 3.43. The minimum Gasteiger partial charge on any atom is -0.342 e. The highest BCUT2D eigenvalue weighted by molar-refractivity contribution is 5.87. The molecule has 0 aliphatic heterocycles. The van der Waals surface area contributed by atoms with E-state index in [0.29, 0.717) is 0 Å². The second-order valence-electron chi connectivity index (χ2n) is 4.14. The fourth-order valence-corrected chi connectivity index (χ4v) is 1.80. The highest BCUT2D eigenvalue weighted by Crippen LogP contribution is 2.21. The maximum atomic E-state index is 13.0. The van der Waals surface area contributed by atoms with Crippen LogP contribution in [-0.2, 0) is 11.8 Å². The molecule has 1 heterocycles. The van der Waals surface area contributed by atoms with Crippen molar-refractivity contribution in [2.45, 2.75) is 6.04 Å². The molecule has 2 aromatic rings. The number of carbonyl (C=O) groups is 1. The Balaban J connectivity index is 2.36. The SMILES string of the molecule is C=CC(=O)N[C@@H](c1ccc(F)cc1)c1cnn(C)c1. The number of halogens is 1. The van der Waals surface area contributed by atoms with E-state index < -0.39 is 0 Å². The minimum absolute atomic E-state index is 0.293. The van der Waals surface area contributed by atoms with Gasteiger partial charge < -0.3 is 5.32 Å². The molecule has 0 radical (unpaired) electrons. The number of amides is 1. The summed E-state index contributed by atoms with van der Waals surface area (Å²) in [4.78, 5) is 11.5. The molecule has 0 bridgehead atoms. The third-order valence-corrected chi connectivity index (χ3v) is 2.73. The van der Waals surface area contributed by atoms with Crippen molar-refractivity contribution >= 4 is 5.91 Å². The molecule has 4 nitrogen and oxygen atoms in total. The van der Waals surface area contributed by atoms with E-state index in [1.165, 1.54) is 18.2 Å². The van der Waals surface area contributed by atoms with Gasteiger partial charge in [0.1, 0.15) is 5.82 Å². The van der Waals surface area contributed by atoms with Crippen LogP contribution in [0.25, 0.3) is 0 Å². The van der Waals surface area contributed by atoms with Crippen molar-refractivity contribution in [2.75, 3.05) is 0 Å². The highest BCUT2D eigenvalue weighted by Gasteiger charge is 2.17. The number of carbonyl (C=O) groups excluding carboxylic acids is 1. The van der Waals surface area contributed by atoms with Gasteiger partial charge in [0.05, 0.1) is 12.2 Å².